The maximum atomic E-state index is 13.7. The first kappa shape index (κ1) is 24.0. The Hall–Kier alpha value is -1.70. The number of rotatable bonds is 4. The molecule has 0 amide bonds. The van der Waals surface area contributed by atoms with Crippen molar-refractivity contribution in [3.05, 3.63) is 40.7 Å². The van der Waals surface area contributed by atoms with Crippen molar-refractivity contribution >= 4 is 21.2 Å². The molecule has 0 radical (unpaired) electrons. The van der Waals surface area contributed by atoms with Crippen molar-refractivity contribution in [3.8, 4) is 0 Å². The molecule has 0 atom stereocenters. The van der Waals surface area contributed by atoms with Crippen LogP contribution in [0.25, 0.3) is 5.70 Å². The quantitative estimate of drug-likeness (QED) is 0.498. The van der Waals surface area contributed by atoms with Crippen molar-refractivity contribution in [2.75, 3.05) is 5.75 Å². The number of hydrogen-bond donors (Lipinski definition) is 0. The highest BCUT2D eigenvalue weighted by Crippen LogP contribution is 2.44. The SMILES string of the molecule is Cc1cc(F)ccc1C1=C(C(F)(F)F)CC(C2CCC(CS(=O)(=O)C(C)(C)C)CC2)=N1. The largest absolute Gasteiger partial charge is 0.415 e. The first-order valence-electron chi connectivity index (χ1n) is 10.6. The zero-order chi connectivity index (χ0) is 23.2. The maximum absolute atomic E-state index is 13.7. The smallest absolute Gasteiger partial charge is 0.256 e. The molecular formula is C23H29F4NO2S. The van der Waals surface area contributed by atoms with Crippen LogP contribution in [0.1, 0.15) is 64.0 Å². The van der Waals surface area contributed by atoms with Crippen LogP contribution in [-0.4, -0.2) is 30.8 Å². The third-order valence-electron chi connectivity index (χ3n) is 6.39. The van der Waals surface area contributed by atoms with Gasteiger partial charge < -0.3 is 0 Å². The van der Waals surface area contributed by atoms with Gasteiger partial charge in [-0.2, -0.15) is 13.2 Å². The van der Waals surface area contributed by atoms with Crippen molar-refractivity contribution in [3.63, 3.8) is 0 Å². The van der Waals surface area contributed by atoms with E-state index in [2.05, 4.69) is 4.99 Å². The summed E-state index contributed by atoms with van der Waals surface area (Å²) in [7, 11) is -3.23. The minimum Gasteiger partial charge on any atom is -0.256 e. The van der Waals surface area contributed by atoms with Crippen LogP contribution in [0, 0.1) is 24.6 Å². The number of benzene rings is 1. The number of aryl methyl sites for hydroxylation is 1. The number of allylic oxidation sites excluding steroid dienone is 1. The van der Waals surface area contributed by atoms with E-state index in [1.165, 1.54) is 12.1 Å². The zero-order valence-electron chi connectivity index (χ0n) is 18.3. The van der Waals surface area contributed by atoms with Crippen LogP contribution < -0.4 is 0 Å². The second kappa shape index (κ2) is 8.34. The molecule has 0 aromatic heterocycles. The summed E-state index contributed by atoms with van der Waals surface area (Å²) < 4.78 is 78.8. The maximum Gasteiger partial charge on any atom is 0.415 e. The van der Waals surface area contributed by atoms with Crippen LogP contribution in [-0.2, 0) is 9.84 Å². The number of alkyl halides is 3. The van der Waals surface area contributed by atoms with Crippen molar-refractivity contribution in [1.82, 2.24) is 0 Å². The van der Waals surface area contributed by atoms with Crippen LogP contribution in [0.5, 0.6) is 0 Å². The predicted molar refractivity (Wildman–Crippen MR) is 115 cm³/mol. The molecule has 1 saturated carbocycles. The molecule has 3 nitrogen and oxygen atoms in total. The van der Waals surface area contributed by atoms with Crippen molar-refractivity contribution in [2.45, 2.75) is 70.7 Å². The summed E-state index contributed by atoms with van der Waals surface area (Å²) in [5.41, 5.74) is 0.418. The molecule has 1 aromatic rings. The Kier molecular flexibility index (Phi) is 6.44. The summed E-state index contributed by atoms with van der Waals surface area (Å²) in [6, 6.07) is 3.72. The molecular weight excluding hydrogens is 430 g/mol. The first-order valence-corrected chi connectivity index (χ1v) is 12.2. The van der Waals surface area contributed by atoms with Gasteiger partial charge in [0.25, 0.3) is 0 Å². The molecule has 1 aliphatic heterocycles. The lowest BCUT2D eigenvalue weighted by Gasteiger charge is -2.30. The van der Waals surface area contributed by atoms with E-state index in [1.54, 1.807) is 27.7 Å². The van der Waals surface area contributed by atoms with E-state index in [1.807, 2.05) is 0 Å². The fourth-order valence-corrected chi connectivity index (χ4v) is 5.78. The van der Waals surface area contributed by atoms with Crippen LogP contribution in [0.2, 0.25) is 0 Å². The Balaban J connectivity index is 1.77. The van der Waals surface area contributed by atoms with Crippen LogP contribution >= 0.6 is 0 Å². The summed E-state index contributed by atoms with van der Waals surface area (Å²) in [5.74, 6) is -0.455. The van der Waals surface area contributed by atoms with Crippen LogP contribution in [0.4, 0.5) is 17.6 Å². The van der Waals surface area contributed by atoms with Gasteiger partial charge in [-0.3, -0.25) is 4.99 Å². The monoisotopic (exact) mass is 459 g/mol. The van der Waals surface area contributed by atoms with E-state index in [0.29, 0.717) is 42.5 Å². The summed E-state index contributed by atoms with van der Waals surface area (Å²) >= 11 is 0. The van der Waals surface area contributed by atoms with Crippen molar-refractivity contribution < 1.29 is 26.0 Å². The molecule has 3 rings (SSSR count). The van der Waals surface area contributed by atoms with E-state index < -0.39 is 32.2 Å². The normalized spacial score (nSPS) is 23.3. The van der Waals surface area contributed by atoms with E-state index >= 15 is 0 Å². The van der Waals surface area contributed by atoms with Crippen LogP contribution in [0.3, 0.4) is 0 Å². The summed E-state index contributed by atoms with van der Waals surface area (Å²) in [6.45, 7) is 6.63. The summed E-state index contributed by atoms with van der Waals surface area (Å²) in [6.07, 6.45) is -2.20. The third-order valence-corrected chi connectivity index (χ3v) is 9.17. The lowest BCUT2D eigenvalue weighted by atomic mass is 9.79. The Bertz CT molecular complexity index is 1010. The lowest BCUT2D eigenvalue weighted by Crippen LogP contribution is -2.35. The second-order valence-electron chi connectivity index (χ2n) is 9.68. The Morgan fingerprint density at radius 3 is 2.19 bits per heavy atom. The van der Waals surface area contributed by atoms with Crippen molar-refractivity contribution in [2.24, 2.45) is 16.8 Å². The van der Waals surface area contributed by atoms with Gasteiger partial charge in [-0.15, -0.1) is 0 Å². The molecule has 31 heavy (non-hydrogen) atoms. The molecule has 1 aromatic carbocycles. The van der Waals surface area contributed by atoms with E-state index in [9.17, 15) is 26.0 Å². The fourth-order valence-electron chi connectivity index (χ4n) is 4.32. The summed E-state index contributed by atoms with van der Waals surface area (Å²) in [4.78, 5) is 4.39. The van der Waals surface area contributed by atoms with Gasteiger partial charge in [-0.25, -0.2) is 12.8 Å². The van der Waals surface area contributed by atoms with Gasteiger partial charge in [-0.1, -0.05) is 0 Å². The molecule has 0 bridgehead atoms. The van der Waals surface area contributed by atoms with Gasteiger partial charge in [0.1, 0.15) is 5.82 Å². The average Bonchev–Trinajstić information content (AvgIpc) is 3.06. The molecule has 0 saturated heterocycles. The Labute approximate surface area is 181 Å². The Morgan fingerprint density at radius 2 is 1.68 bits per heavy atom. The molecule has 1 heterocycles. The molecule has 172 valence electrons. The molecule has 2 aliphatic rings. The Morgan fingerprint density at radius 1 is 1.06 bits per heavy atom. The molecule has 0 unspecified atom stereocenters. The molecule has 1 fully saturated rings. The third kappa shape index (κ3) is 5.21. The molecule has 1 aliphatic carbocycles. The van der Waals surface area contributed by atoms with E-state index in [4.69, 9.17) is 0 Å². The highest BCUT2D eigenvalue weighted by atomic mass is 32.2. The number of hydrogen-bond acceptors (Lipinski definition) is 3. The van der Waals surface area contributed by atoms with Gasteiger partial charge in [0.2, 0.25) is 0 Å². The van der Waals surface area contributed by atoms with E-state index in [0.717, 1.165) is 6.07 Å². The van der Waals surface area contributed by atoms with E-state index in [-0.39, 0.29) is 29.7 Å². The molecule has 0 spiro atoms. The minimum absolute atomic E-state index is 0.0244. The lowest BCUT2D eigenvalue weighted by molar-refractivity contribution is -0.0917. The highest BCUT2D eigenvalue weighted by Gasteiger charge is 2.42. The average molecular weight is 460 g/mol. The number of nitrogens with zero attached hydrogens (tertiary/aromatic N) is 1. The second-order valence-corrected chi connectivity index (χ2v) is 12.5. The summed E-state index contributed by atoms with van der Waals surface area (Å²) in [5, 5.41) is 0. The standard InChI is InChI=1S/C23H29F4NO2S/c1-14-11-17(24)9-10-18(14)21-19(23(25,26)27)12-20(28-21)16-7-5-15(6-8-16)13-31(29,30)22(2,3)4/h9-11,15-16H,5-8,12-13H2,1-4H3. The minimum atomic E-state index is -4.51. The predicted octanol–water partition coefficient (Wildman–Crippen LogP) is 6.27. The van der Waals surface area contributed by atoms with Crippen LogP contribution in [0.15, 0.2) is 28.8 Å². The van der Waals surface area contributed by atoms with Gasteiger partial charge in [0.15, 0.2) is 9.84 Å². The first-order chi connectivity index (χ1) is 14.2. The number of halogens is 4. The fraction of sp³-hybridized carbons (Fsp3) is 0.609. The number of sulfone groups is 1. The topological polar surface area (TPSA) is 46.5 Å². The molecule has 8 heteroatoms. The van der Waals surface area contributed by atoms with Gasteiger partial charge in [0, 0.05) is 17.7 Å². The molecule has 0 N–H and O–H groups in total. The van der Waals surface area contributed by atoms with Gasteiger partial charge in [0.05, 0.1) is 21.8 Å². The number of aliphatic imine (C=N–C) groups is 1. The van der Waals surface area contributed by atoms with Gasteiger partial charge >= 0.3 is 6.18 Å². The highest BCUT2D eigenvalue weighted by molar-refractivity contribution is 7.92. The van der Waals surface area contributed by atoms with Gasteiger partial charge in [-0.05, 0) is 89.0 Å². The zero-order valence-corrected chi connectivity index (χ0v) is 19.1. The van der Waals surface area contributed by atoms with Crippen molar-refractivity contribution in [1.29, 1.82) is 0 Å².